The molecule has 8 saturated heterocycles. The van der Waals surface area contributed by atoms with Gasteiger partial charge in [0.15, 0.2) is 0 Å². The molecular weight excluding hydrogens is 1570 g/mol. The number of primary amides is 2. The number of carbonyl (C=O) groups is 2. The summed E-state index contributed by atoms with van der Waals surface area (Å²) in [7, 11) is 0. The molecule has 16 rings (SSSR count). The van der Waals surface area contributed by atoms with Crippen LogP contribution in [0.2, 0.25) is 20.1 Å². The van der Waals surface area contributed by atoms with E-state index in [2.05, 4.69) is 132 Å². The number of nitrogens with two attached hydrogens (primary N) is 6. The molecule has 28 nitrogen and oxygen atoms in total. The molecule has 0 aromatic heterocycles. The van der Waals surface area contributed by atoms with E-state index in [-0.39, 0.29) is 12.1 Å². The maximum atomic E-state index is 11.7. The number of hydrogen-bond donors (Lipinski definition) is 6. The molecule has 0 saturated carbocycles. The molecule has 4 aromatic rings. The largest absolute Gasteiger partial charge is 0.385 e. The zero-order valence-electron chi connectivity index (χ0n) is 68.2. The van der Waals surface area contributed by atoms with Gasteiger partial charge >= 0.3 is 0 Å². The fraction of sp³-hybridized carbons (Fsp3) is 0.600. The third-order valence-electron chi connectivity index (χ3n) is 24.8. The van der Waals surface area contributed by atoms with Crippen molar-refractivity contribution in [1.29, 1.82) is 0 Å². The van der Waals surface area contributed by atoms with Crippen LogP contribution in [-0.4, -0.2) is 275 Å². The normalized spacial score (nSPS) is 26.4. The quantitative estimate of drug-likeness (QED) is 0.0576. The number of carbonyl (C=O) groups excluding carboxylic acids is 2. The number of amides is 2. The topological polar surface area (TPSA) is 352 Å². The highest BCUT2D eigenvalue weighted by Gasteiger charge is 2.43. The van der Waals surface area contributed by atoms with Gasteiger partial charge in [-0.25, -0.2) is 0 Å². The molecule has 12 N–H and O–H groups in total. The van der Waals surface area contributed by atoms with Crippen LogP contribution >= 0.6 is 46.4 Å². The van der Waals surface area contributed by atoms with Gasteiger partial charge in [-0.2, -0.15) is 0 Å². The average molecular weight is 1690 g/mol. The van der Waals surface area contributed by atoms with Crippen LogP contribution in [0.15, 0.2) is 138 Å². The molecule has 0 aliphatic carbocycles. The molecule has 4 aromatic carbocycles. The predicted molar refractivity (Wildman–Crippen MR) is 467 cm³/mol. The first-order chi connectivity index (χ1) is 56.4. The van der Waals surface area contributed by atoms with Crippen LogP contribution in [0.25, 0.3) is 0 Å². The summed E-state index contributed by atoms with van der Waals surface area (Å²) >= 11 is 24.2. The van der Waals surface area contributed by atoms with Gasteiger partial charge < -0.3 is 72.9 Å². The number of halogens is 4. The molecular formula is C85H120Cl4N22O6. The summed E-state index contributed by atoms with van der Waals surface area (Å²) < 4.78 is 24.1. The highest BCUT2D eigenvalue weighted by Crippen LogP contribution is 2.34. The van der Waals surface area contributed by atoms with Gasteiger partial charge in [0.2, 0.25) is 11.8 Å². The lowest BCUT2D eigenvalue weighted by Gasteiger charge is -2.47. The highest BCUT2D eigenvalue weighted by atomic mass is 35.5. The van der Waals surface area contributed by atoms with Crippen LogP contribution in [0.5, 0.6) is 0 Å². The average Bonchev–Trinajstić information content (AvgIpc) is 1.63. The zero-order valence-corrected chi connectivity index (χ0v) is 71.3. The van der Waals surface area contributed by atoms with Gasteiger partial charge in [0.1, 0.15) is 58.9 Å². The van der Waals surface area contributed by atoms with E-state index in [1.165, 1.54) is 22.3 Å². The van der Waals surface area contributed by atoms with Gasteiger partial charge in [-0.15, -0.1) is 40.8 Å². The number of benzene rings is 4. The Morgan fingerprint density at radius 1 is 0.368 bits per heavy atom. The molecule has 8 fully saturated rings. The van der Waals surface area contributed by atoms with E-state index in [9.17, 15) is 9.59 Å². The molecule has 12 aliphatic heterocycles. The van der Waals surface area contributed by atoms with E-state index in [0.29, 0.717) is 136 Å². The van der Waals surface area contributed by atoms with Crippen LogP contribution in [0.4, 0.5) is 0 Å². The number of morpholine rings is 4. The van der Waals surface area contributed by atoms with Crippen molar-refractivity contribution in [1.82, 2.24) is 39.2 Å². The second kappa shape index (κ2) is 41.6. The monoisotopic (exact) mass is 1680 g/mol. The minimum atomic E-state index is -0.554. The predicted octanol–water partition coefficient (Wildman–Crippen LogP) is 8.64. The maximum Gasteiger partial charge on any atom is 0.247 e. The van der Waals surface area contributed by atoms with Crippen molar-refractivity contribution in [2.45, 2.75) is 210 Å². The first-order valence-corrected chi connectivity index (χ1v) is 43.6. The zero-order chi connectivity index (χ0) is 82.2. The Morgan fingerprint density at radius 3 is 0.872 bits per heavy atom. The van der Waals surface area contributed by atoms with Crippen molar-refractivity contribution in [3.63, 3.8) is 0 Å². The SMILES string of the molecule is CC(C)C[C@H]1CN(C2CCN(C3=NN=C(N)C3)CC2)C(Cc2ccc(Cl)cc2)CO1.CC(C)[C@H]1CN(C2CCN(C3=NN=C(N)C3)CC2)C(Cc2ccc(Cl)cc2)CO1.NC(=O)[C@@H]1CN(C2CCN(C3=NN=C(N)C3)CC2)C(Cc2ccc(Cl)cc2)CO1.NC(=O)[C@H]1CN(C2CCN(C3=NN=C(N)C3)CC2)C(Cc2ccc(Cl)cc2)CO1. The second-order valence-electron chi connectivity index (χ2n) is 33.9. The van der Waals surface area contributed by atoms with Crippen LogP contribution in [0.3, 0.4) is 0 Å². The third-order valence-corrected chi connectivity index (χ3v) is 25.8. The number of rotatable bonds is 17. The maximum absolute atomic E-state index is 11.7. The Kier molecular flexibility index (Phi) is 31.0. The summed E-state index contributed by atoms with van der Waals surface area (Å²) in [5, 5.41) is 35.8. The molecule has 4 unspecified atom stereocenters. The fourth-order valence-electron chi connectivity index (χ4n) is 18.4. The number of likely N-dealkylation sites (tertiary alicyclic amines) is 4. The molecule has 634 valence electrons. The molecule has 0 spiro atoms. The molecule has 0 radical (unpaired) electrons. The first kappa shape index (κ1) is 87.2. The number of amidine groups is 8. The molecule has 32 heteroatoms. The summed E-state index contributed by atoms with van der Waals surface area (Å²) in [6, 6.07) is 35.4. The van der Waals surface area contributed by atoms with Gasteiger partial charge in [0, 0.05) is 147 Å². The van der Waals surface area contributed by atoms with Crippen LogP contribution in [-0.2, 0) is 54.2 Å². The fourth-order valence-corrected chi connectivity index (χ4v) is 18.9. The lowest BCUT2D eigenvalue weighted by atomic mass is 9.94. The number of ether oxygens (including phenoxy) is 4. The van der Waals surface area contributed by atoms with Crippen molar-refractivity contribution in [2.24, 2.45) is 87.0 Å². The third kappa shape index (κ3) is 24.4. The number of hydrogen-bond acceptors (Lipinski definition) is 26. The summed E-state index contributed by atoms with van der Waals surface area (Å²) in [6.45, 7) is 22.5. The molecule has 12 aliphatic rings. The lowest BCUT2D eigenvalue weighted by molar-refractivity contribution is -0.142. The molecule has 12 heterocycles. The van der Waals surface area contributed by atoms with E-state index in [0.717, 1.165) is 206 Å². The summed E-state index contributed by atoms with van der Waals surface area (Å²) in [4.78, 5) is 43.1. The molecule has 0 bridgehead atoms. The van der Waals surface area contributed by atoms with Crippen molar-refractivity contribution in [3.8, 4) is 0 Å². The van der Waals surface area contributed by atoms with Crippen molar-refractivity contribution >= 4 is 105 Å². The van der Waals surface area contributed by atoms with E-state index in [4.69, 9.17) is 99.8 Å². The Morgan fingerprint density at radius 2 is 0.624 bits per heavy atom. The summed E-state index contributed by atoms with van der Waals surface area (Å²) in [6.07, 6.45) is 15.5. The van der Waals surface area contributed by atoms with Crippen molar-refractivity contribution < 1.29 is 28.5 Å². The minimum Gasteiger partial charge on any atom is -0.385 e. The molecule has 2 amide bonds. The van der Waals surface area contributed by atoms with Gasteiger partial charge in [-0.05, 0) is 166 Å². The Balaban J connectivity index is 0.000000135. The van der Waals surface area contributed by atoms with E-state index in [1.807, 2.05) is 72.8 Å². The van der Waals surface area contributed by atoms with Crippen LogP contribution in [0.1, 0.15) is 133 Å². The first-order valence-electron chi connectivity index (χ1n) is 42.1. The van der Waals surface area contributed by atoms with Gasteiger partial charge in [0.25, 0.3) is 0 Å². The van der Waals surface area contributed by atoms with Crippen LogP contribution < -0.4 is 34.4 Å². The van der Waals surface area contributed by atoms with Gasteiger partial charge in [-0.3, -0.25) is 29.2 Å². The van der Waals surface area contributed by atoms with E-state index < -0.39 is 24.0 Å². The molecule has 8 atom stereocenters. The lowest BCUT2D eigenvalue weighted by Crippen LogP contribution is -2.59. The number of nitrogens with zero attached hydrogens (tertiary/aromatic N) is 16. The minimum absolute atomic E-state index is 0.200. The van der Waals surface area contributed by atoms with Gasteiger partial charge in [-0.1, -0.05) is 123 Å². The summed E-state index contributed by atoms with van der Waals surface area (Å²) in [5.74, 6) is 6.74. The summed E-state index contributed by atoms with van der Waals surface area (Å²) in [5.41, 5.74) is 39.2. The Bertz CT molecular complexity index is 4060. The van der Waals surface area contributed by atoms with Gasteiger partial charge in [0.05, 0.1) is 64.3 Å². The molecule has 117 heavy (non-hydrogen) atoms. The Hall–Kier alpha value is -7.58. The second-order valence-corrected chi connectivity index (χ2v) is 35.6. The van der Waals surface area contributed by atoms with Crippen molar-refractivity contribution in [3.05, 3.63) is 139 Å². The van der Waals surface area contributed by atoms with Crippen LogP contribution in [0, 0.1) is 11.8 Å². The standard InChI is InChI=1S/C23H34ClN5O.C22H32ClN5O.2C20H27ClN6O2/c1-16(2)11-21-14-29(20(15-30-21)12-17-3-5-18(24)6-4-17)19-7-9-28(10-8-19)23-13-22(25)26-27-23;1-15(2)20-13-28(19(14-29-20)11-16-3-5-17(23)6-4-16)18-7-9-27(10-8-18)22-12-21(24)25-26-22;2*21-14-3-1-13(2-4-14)9-16-12-29-17(20(23)28)11-27(16)15-5-7-26(8-6-15)19-10-18(22)24-25-19/h3-6,16,19-21H,7-15H2,1-2H3,(H2,25,26);3-6,15,18-20H,7-14H2,1-2H3,(H2,24,25);2*1-4,15-17H,5-12H2,(H2,22,24)(H2,23,28)/t20?,21-;19?,20-;2*16?,17-/m0110/s1. The number of piperidine rings is 4. The highest BCUT2D eigenvalue weighted by molar-refractivity contribution is 6.31. The van der Waals surface area contributed by atoms with Crippen molar-refractivity contribution in [2.75, 3.05) is 105 Å². The smallest absolute Gasteiger partial charge is 0.247 e. The van der Waals surface area contributed by atoms with E-state index >= 15 is 0 Å². The van der Waals surface area contributed by atoms with E-state index in [1.54, 1.807) is 0 Å². The Labute approximate surface area is 709 Å².